The van der Waals surface area contributed by atoms with Gasteiger partial charge in [-0.1, -0.05) is 67.9 Å². The summed E-state index contributed by atoms with van der Waals surface area (Å²) in [7, 11) is 0. The molecule has 3 amide bonds. The highest BCUT2D eigenvalue weighted by atomic mass is 16.2. The molecule has 6 heteroatoms. The second kappa shape index (κ2) is 11.6. The van der Waals surface area contributed by atoms with E-state index in [-0.39, 0.29) is 30.2 Å². The first-order chi connectivity index (χ1) is 17.8. The predicted molar refractivity (Wildman–Crippen MR) is 149 cm³/mol. The lowest BCUT2D eigenvalue weighted by molar-refractivity contribution is -0.141. The molecule has 0 saturated carbocycles. The van der Waals surface area contributed by atoms with Crippen molar-refractivity contribution in [2.24, 2.45) is 0 Å². The van der Waals surface area contributed by atoms with Crippen molar-refractivity contribution in [2.75, 3.05) is 11.4 Å². The number of carbonyl (C=O) groups is 3. The molecule has 0 fully saturated rings. The summed E-state index contributed by atoms with van der Waals surface area (Å²) in [6.45, 7) is 8.80. The number of carbonyl (C=O) groups excluding carboxylic acids is 3. The molecule has 0 bridgehead atoms. The summed E-state index contributed by atoms with van der Waals surface area (Å²) in [5, 5.41) is 5.08. The Morgan fingerprint density at radius 1 is 0.973 bits per heavy atom. The molecule has 1 aliphatic rings. The van der Waals surface area contributed by atoms with Crippen LogP contribution in [0, 0.1) is 6.92 Å². The average Bonchev–Trinajstić information content (AvgIpc) is 3.17. The third-order valence-corrected chi connectivity index (χ3v) is 7.28. The Hall–Kier alpha value is -3.67. The van der Waals surface area contributed by atoms with E-state index in [0.29, 0.717) is 31.5 Å². The topological polar surface area (TPSA) is 69.7 Å². The third kappa shape index (κ3) is 5.68. The second-order valence-electron chi connectivity index (χ2n) is 9.99. The molecule has 37 heavy (non-hydrogen) atoms. The molecule has 1 N–H and O–H groups in total. The van der Waals surface area contributed by atoms with Gasteiger partial charge in [0.1, 0.15) is 6.04 Å². The lowest BCUT2D eigenvalue weighted by Gasteiger charge is -2.32. The molecule has 0 aliphatic carbocycles. The van der Waals surface area contributed by atoms with Crippen LogP contribution in [0.3, 0.4) is 0 Å². The fraction of sp³-hybridized carbons (Fsp3) is 0.387. The Morgan fingerprint density at radius 3 is 2.35 bits per heavy atom. The number of hydrogen-bond donors (Lipinski definition) is 1. The van der Waals surface area contributed by atoms with Crippen LogP contribution < -0.4 is 10.2 Å². The maximum atomic E-state index is 13.6. The summed E-state index contributed by atoms with van der Waals surface area (Å²) in [4.78, 5) is 43.3. The highest BCUT2D eigenvalue weighted by Gasteiger charge is 2.31. The molecule has 4 rings (SSSR count). The zero-order chi connectivity index (χ0) is 26.5. The van der Waals surface area contributed by atoms with Gasteiger partial charge in [-0.25, -0.2) is 0 Å². The van der Waals surface area contributed by atoms with E-state index < -0.39 is 6.04 Å². The van der Waals surface area contributed by atoms with Crippen molar-refractivity contribution in [3.05, 3.63) is 77.4 Å². The first-order valence-electron chi connectivity index (χ1n) is 13.3. The van der Waals surface area contributed by atoms with Crippen LogP contribution >= 0.6 is 0 Å². The molecule has 0 spiro atoms. The predicted octanol–water partition coefficient (Wildman–Crippen LogP) is 5.61. The number of amides is 3. The maximum absolute atomic E-state index is 13.6. The van der Waals surface area contributed by atoms with Gasteiger partial charge >= 0.3 is 0 Å². The minimum Gasteiger partial charge on any atom is -0.352 e. The number of anilines is 1. The van der Waals surface area contributed by atoms with Gasteiger partial charge in [-0.2, -0.15) is 0 Å². The van der Waals surface area contributed by atoms with Gasteiger partial charge in [0, 0.05) is 36.5 Å². The zero-order valence-electron chi connectivity index (χ0n) is 22.3. The van der Waals surface area contributed by atoms with Gasteiger partial charge in [-0.05, 0) is 56.2 Å². The fourth-order valence-electron chi connectivity index (χ4n) is 4.98. The Morgan fingerprint density at radius 2 is 1.68 bits per heavy atom. The van der Waals surface area contributed by atoms with Crippen molar-refractivity contribution < 1.29 is 14.4 Å². The van der Waals surface area contributed by atoms with Crippen LogP contribution in [0.5, 0.6) is 0 Å². The minimum atomic E-state index is -0.547. The Labute approximate surface area is 219 Å². The van der Waals surface area contributed by atoms with Crippen LogP contribution in [-0.2, 0) is 16.1 Å². The zero-order valence-corrected chi connectivity index (χ0v) is 22.3. The molecule has 1 aliphatic heterocycles. The standard InChI is InChI=1S/C31H37N3O3/c1-5-22(4)32-30(36)26(6-2)34(20-23-17-15-21(3)16-18-23)28(35)14-9-19-33-27-13-8-11-24-10-7-12-25(29(24)27)31(33)37/h7-8,10-13,15-18,22,26H,5-6,9,14,19-20H2,1-4H3,(H,32,36)/t22-,26-/m1/s1. The van der Waals surface area contributed by atoms with E-state index in [1.54, 1.807) is 9.80 Å². The van der Waals surface area contributed by atoms with Crippen molar-refractivity contribution in [3.8, 4) is 0 Å². The van der Waals surface area contributed by atoms with E-state index in [9.17, 15) is 14.4 Å². The van der Waals surface area contributed by atoms with Crippen molar-refractivity contribution >= 4 is 34.2 Å². The molecule has 3 aromatic carbocycles. The van der Waals surface area contributed by atoms with Crippen molar-refractivity contribution in [1.29, 1.82) is 0 Å². The number of aryl methyl sites for hydroxylation is 1. The first-order valence-corrected chi connectivity index (χ1v) is 13.3. The quantitative estimate of drug-likeness (QED) is 0.373. The molecular formula is C31H37N3O3. The van der Waals surface area contributed by atoms with Crippen LogP contribution in [0.25, 0.3) is 10.8 Å². The highest BCUT2D eigenvalue weighted by Crippen LogP contribution is 2.37. The number of nitrogens with one attached hydrogen (secondary N) is 1. The summed E-state index contributed by atoms with van der Waals surface area (Å²) in [5.41, 5.74) is 3.76. The second-order valence-corrected chi connectivity index (χ2v) is 9.99. The van der Waals surface area contributed by atoms with Gasteiger partial charge in [0.05, 0.1) is 5.69 Å². The smallest absolute Gasteiger partial charge is 0.258 e. The van der Waals surface area contributed by atoms with Crippen LogP contribution in [0.2, 0.25) is 0 Å². The molecule has 6 nitrogen and oxygen atoms in total. The molecule has 194 valence electrons. The molecule has 2 atom stereocenters. The van der Waals surface area contributed by atoms with E-state index in [1.165, 1.54) is 0 Å². The molecule has 0 aromatic heterocycles. The molecule has 0 radical (unpaired) electrons. The van der Waals surface area contributed by atoms with Crippen molar-refractivity contribution in [2.45, 2.75) is 72.0 Å². The van der Waals surface area contributed by atoms with Gasteiger partial charge < -0.3 is 15.1 Å². The molecule has 3 aromatic rings. The molecule has 0 unspecified atom stereocenters. The minimum absolute atomic E-state index is 0.0184. The number of hydrogen-bond acceptors (Lipinski definition) is 3. The number of rotatable bonds is 11. The van der Waals surface area contributed by atoms with Gasteiger partial charge in [-0.3, -0.25) is 14.4 Å². The van der Waals surface area contributed by atoms with Crippen LogP contribution in [0.1, 0.15) is 67.9 Å². The average molecular weight is 500 g/mol. The third-order valence-electron chi connectivity index (χ3n) is 7.28. The van der Waals surface area contributed by atoms with Gasteiger partial charge in [0.2, 0.25) is 11.8 Å². The summed E-state index contributed by atoms with van der Waals surface area (Å²) in [5.74, 6) is -0.210. The maximum Gasteiger partial charge on any atom is 0.258 e. The fourth-order valence-corrected chi connectivity index (χ4v) is 4.98. The van der Waals surface area contributed by atoms with E-state index >= 15 is 0 Å². The van der Waals surface area contributed by atoms with Crippen LogP contribution in [0.15, 0.2) is 60.7 Å². The lowest BCUT2D eigenvalue weighted by Crippen LogP contribution is -2.50. The van der Waals surface area contributed by atoms with Crippen LogP contribution in [-0.4, -0.2) is 41.2 Å². The lowest BCUT2D eigenvalue weighted by atomic mass is 10.1. The molecular weight excluding hydrogens is 462 g/mol. The van der Waals surface area contributed by atoms with Crippen molar-refractivity contribution in [3.63, 3.8) is 0 Å². The number of nitrogens with zero attached hydrogens (tertiary/aromatic N) is 2. The Balaban J connectivity index is 1.48. The molecule has 0 saturated heterocycles. The van der Waals surface area contributed by atoms with Gasteiger partial charge in [-0.15, -0.1) is 0 Å². The van der Waals surface area contributed by atoms with Crippen LogP contribution in [0.4, 0.5) is 5.69 Å². The number of benzene rings is 3. The normalized spacial score (nSPS) is 14.1. The highest BCUT2D eigenvalue weighted by molar-refractivity contribution is 6.25. The SMILES string of the molecule is CC[C@@H](C)NC(=O)[C@@H](CC)N(Cc1ccc(C)cc1)C(=O)CCCN1C(=O)c2cccc3cccc1c23. The summed E-state index contributed by atoms with van der Waals surface area (Å²) < 4.78 is 0. The first kappa shape index (κ1) is 26.4. The Kier molecular flexibility index (Phi) is 8.27. The van der Waals surface area contributed by atoms with E-state index in [1.807, 2.05) is 88.4 Å². The monoisotopic (exact) mass is 499 g/mol. The van der Waals surface area contributed by atoms with E-state index in [2.05, 4.69) is 5.32 Å². The summed E-state index contributed by atoms with van der Waals surface area (Å²) in [6, 6.07) is 19.3. The summed E-state index contributed by atoms with van der Waals surface area (Å²) in [6.07, 6.45) is 2.13. The van der Waals surface area contributed by atoms with Gasteiger partial charge in [0.15, 0.2) is 0 Å². The van der Waals surface area contributed by atoms with E-state index in [0.717, 1.165) is 34.0 Å². The summed E-state index contributed by atoms with van der Waals surface area (Å²) >= 11 is 0. The van der Waals surface area contributed by atoms with Gasteiger partial charge in [0.25, 0.3) is 5.91 Å². The Bertz CT molecular complexity index is 1280. The van der Waals surface area contributed by atoms with Crippen molar-refractivity contribution in [1.82, 2.24) is 10.2 Å². The largest absolute Gasteiger partial charge is 0.352 e. The molecule has 1 heterocycles. The van der Waals surface area contributed by atoms with E-state index in [4.69, 9.17) is 0 Å².